The Balaban J connectivity index is 1.47. The van der Waals surface area contributed by atoms with Gasteiger partial charge in [-0.1, -0.05) is 23.7 Å². The van der Waals surface area contributed by atoms with E-state index < -0.39 is 18.1 Å². The summed E-state index contributed by atoms with van der Waals surface area (Å²) in [7, 11) is 0. The highest BCUT2D eigenvalue weighted by Crippen LogP contribution is 2.34. The van der Waals surface area contributed by atoms with Gasteiger partial charge in [0.15, 0.2) is 0 Å². The molecule has 2 heterocycles. The van der Waals surface area contributed by atoms with Gasteiger partial charge in [0.1, 0.15) is 42.5 Å². The first kappa shape index (κ1) is 27.1. The summed E-state index contributed by atoms with van der Waals surface area (Å²) in [6, 6.07) is 16.4. The fraction of sp³-hybridized carbons (Fsp3) is 0.259. The third-order valence-electron chi connectivity index (χ3n) is 5.52. The van der Waals surface area contributed by atoms with E-state index in [9.17, 15) is 9.90 Å². The summed E-state index contributed by atoms with van der Waals surface area (Å²) in [6.07, 6.45) is 1.43. The maximum atomic E-state index is 11.9. The molecule has 0 aliphatic carbocycles. The predicted molar refractivity (Wildman–Crippen MR) is 144 cm³/mol. The molecule has 0 fully saturated rings. The van der Waals surface area contributed by atoms with Gasteiger partial charge in [-0.2, -0.15) is 0 Å². The number of ether oxygens (including phenoxy) is 2. The smallest absolute Gasteiger partial charge is 0.249 e. The van der Waals surface area contributed by atoms with Crippen LogP contribution in [0, 0.1) is 0 Å². The molecule has 0 aliphatic heterocycles. The van der Waals surface area contributed by atoms with Gasteiger partial charge in [0.05, 0.1) is 28.2 Å². The Bertz CT molecular complexity index is 1370. The van der Waals surface area contributed by atoms with Gasteiger partial charge in [-0.05, 0) is 49.4 Å². The van der Waals surface area contributed by atoms with Gasteiger partial charge in [0, 0.05) is 24.9 Å². The lowest BCUT2D eigenvalue weighted by atomic mass is 10.2. The molecule has 2 aromatic carbocycles. The lowest BCUT2D eigenvalue weighted by Gasteiger charge is -2.19. The maximum Gasteiger partial charge on any atom is 0.249 e. The average molecular weight is 538 g/mol. The van der Waals surface area contributed by atoms with Crippen LogP contribution in [0.25, 0.3) is 10.9 Å². The third kappa shape index (κ3) is 7.06. The molecule has 0 saturated carbocycles. The van der Waals surface area contributed by atoms with Crippen molar-refractivity contribution < 1.29 is 24.5 Å². The van der Waals surface area contributed by atoms with E-state index in [4.69, 9.17) is 26.2 Å². The quantitative estimate of drug-likeness (QED) is 0.213. The van der Waals surface area contributed by atoms with Crippen LogP contribution >= 0.6 is 11.6 Å². The molecule has 2 aromatic heterocycles. The number of nitrogens with one attached hydrogen (secondary N) is 2. The first-order valence-electron chi connectivity index (χ1n) is 12.0. The Kier molecular flexibility index (Phi) is 9.26. The van der Waals surface area contributed by atoms with Crippen molar-refractivity contribution in [2.45, 2.75) is 32.2 Å². The van der Waals surface area contributed by atoms with Crippen LogP contribution in [-0.4, -0.2) is 56.4 Å². The molecule has 11 heteroatoms. The van der Waals surface area contributed by atoms with Crippen molar-refractivity contribution in [3.63, 3.8) is 0 Å². The minimum atomic E-state index is -1.27. The highest BCUT2D eigenvalue weighted by molar-refractivity contribution is 6.32. The molecule has 4 aromatic rings. The first-order chi connectivity index (χ1) is 18.4. The van der Waals surface area contributed by atoms with Crippen LogP contribution in [0.2, 0.25) is 5.02 Å². The van der Waals surface area contributed by atoms with Gasteiger partial charge in [0.25, 0.3) is 0 Å². The molecular weight excluding hydrogens is 510 g/mol. The van der Waals surface area contributed by atoms with E-state index in [0.717, 1.165) is 5.69 Å². The van der Waals surface area contributed by atoms with Gasteiger partial charge in [-0.3, -0.25) is 9.78 Å². The Labute approximate surface area is 224 Å². The van der Waals surface area contributed by atoms with E-state index in [2.05, 4.69) is 25.6 Å². The van der Waals surface area contributed by atoms with E-state index in [1.807, 2.05) is 36.4 Å². The molecule has 1 amide bonds. The van der Waals surface area contributed by atoms with Crippen LogP contribution in [0.3, 0.4) is 0 Å². The summed E-state index contributed by atoms with van der Waals surface area (Å²) in [6.45, 7) is 1.96. The number of carbonyl (C=O) groups excluding carboxylic acids is 1. The molecule has 4 N–H and O–H groups in total. The number of hydrogen-bond donors (Lipinski definition) is 4. The number of aromatic nitrogens is 3. The Morgan fingerprint density at radius 1 is 1.08 bits per heavy atom. The Hall–Kier alpha value is -3.99. The van der Waals surface area contributed by atoms with Crippen LogP contribution in [0.5, 0.6) is 11.5 Å². The summed E-state index contributed by atoms with van der Waals surface area (Å²) in [5.41, 5.74) is 2.14. The molecule has 2 atom stereocenters. The van der Waals surface area contributed by atoms with Crippen LogP contribution in [0.1, 0.15) is 19.0 Å². The second-order valence-electron chi connectivity index (χ2n) is 8.45. The van der Waals surface area contributed by atoms with Crippen LogP contribution in [0.4, 0.5) is 11.5 Å². The Morgan fingerprint density at radius 3 is 2.71 bits per heavy atom. The lowest BCUT2D eigenvalue weighted by Crippen LogP contribution is -2.40. The molecular formula is C27H28ClN5O5. The lowest BCUT2D eigenvalue weighted by molar-refractivity contribution is -0.130. The van der Waals surface area contributed by atoms with E-state index in [-0.39, 0.29) is 19.6 Å². The number of amides is 1. The zero-order valence-corrected chi connectivity index (χ0v) is 21.4. The fourth-order valence-corrected chi connectivity index (χ4v) is 3.85. The number of halogens is 1. The number of fused-ring (bicyclic) bond motifs is 1. The SMILES string of the molecule is CC(CNC(=O)C(O)CCO)Oc1cccc2ncnc(Nc3ccc(OCc4ccccn4)c(Cl)c3)c12. The predicted octanol–water partition coefficient (Wildman–Crippen LogP) is 3.63. The molecule has 0 radical (unpaired) electrons. The minimum absolute atomic E-state index is 0.0296. The van der Waals surface area contributed by atoms with E-state index >= 15 is 0 Å². The summed E-state index contributed by atoms with van der Waals surface area (Å²) >= 11 is 6.47. The summed E-state index contributed by atoms with van der Waals surface area (Å²) < 4.78 is 11.9. The molecule has 4 rings (SSSR count). The molecule has 10 nitrogen and oxygen atoms in total. The van der Waals surface area contributed by atoms with Gasteiger partial charge >= 0.3 is 0 Å². The molecule has 0 bridgehead atoms. The summed E-state index contributed by atoms with van der Waals surface area (Å²) in [5.74, 6) is 0.991. The zero-order chi connectivity index (χ0) is 26.9. The largest absolute Gasteiger partial charge is 0.488 e. The molecule has 2 unspecified atom stereocenters. The standard InChI is InChI=1S/C27H28ClN5O5/c1-17(14-30-27(36)22(35)10-12-34)38-24-7-4-6-21-25(24)26(32-16-31-21)33-18-8-9-23(20(28)13-18)37-15-19-5-2-3-11-29-19/h2-9,11,13,16-17,22,34-35H,10,12,14-15H2,1H3,(H,30,36)(H,31,32,33). The van der Waals surface area contributed by atoms with Crippen LogP contribution in [0.15, 0.2) is 67.1 Å². The number of nitrogens with zero attached hydrogens (tertiary/aromatic N) is 3. The van der Waals surface area contributed by atoms with Gasteiger partial charge in [0.2, 0.25) is 5.91 Å². The Morgan fingerprint density at radius 2 is 1.95 bits per heavy atom. The van der Waals surface area contributed by atoms with E-state index in [1.165, 1.54) is 6.33 Å². The van der Waals surface area contributed by atoms with Crippen molar-refractivity contribution in [1.29, 1.82) is 0 Å². The molecule has 0 spiro atoms. The molecule has 0 saturated heterocycles. The van der Waals surface area contributed by atoms with Crippen molar-refractivity contribution in [3.8, 4) is 11.5 Å². The normalized spacial score (nSPS) is 12.5. The number of pyridine rings is 1. The zero-order valence-electron chi connectivity index (χ0n) is 20.7. The van der Waals surface area contributed by atoms with Crippen LogP contribution in [-0.2, 0) is 11.4 Å². The summed E-state index contributed by atoms with van der Waals surface area (Å²) in [4.78, 5) is 24.9. The van der Waals surface area contributed by atoms with Crippen molar-refractivity contribution in [2.75, 3.05) is 18.5 Å². The van der Waals surface area contributed by atoms with Crippen molar-refractivity contribution in [2.24, 2.45) is 0 Å². The average Bonchev–Trinajstić information content (AvgIpc) is 2.92. The van der Waals surface area contributed by atoms with Gasteiger partial charge in [-0.25, -0.2) is 9.97 Å². The first-order valence-corrected chi connectivity index (χ1v) is 12.4. The number of carbonyl (C=O) groups is 1. The van der Waals surface area contributed by atoms with Gasteiger partial charge < -0.3 is 30.3 Å². The van der Waals surface area contributed by atoms with Gasteiger partial charge in [-0.15, -0.1) is 0 Å². The number of hydrogen-bond acceptors (Lipinski definition) is 9. The van der Waals surface area contributed by atoms with E-state index in [1.54, 1.807) is 31.3 Å². The number of benzene rings is 2. The number of aliphatic hydroxyl groups is 2. The fourth-order valence-electron chi connectivity index (χ4n) is 3.61. The van der Waals surface area contributed by atoms with Crippen molar-refractivity contribution in [3.05, 3.63) is 77.8 Å². The minimum Gasteiger partial charge on any atom is -0.488 e. The van der Waals surface area contributed by atoms with Crippen molar-refractivity contribution in [1.82, 2.24) is 20.3 Å². The monoisotopic (exact) mass is 537 g/mol. The number of aliphatic hydroxyl groups excluding tert-OH is 2. The highest BCUT2D eigenvalue weighted by Gasteiger charge is 2.17. The molecule has 198 valence electrons. The molecule has 38 heavy (non-hydrogen) atoms. The van der Waals surface area contributed by atoms with Crippen LogP contribution < -0.4 is 20.1 Å². The maximum absolute atomic E-state index is 11.9. The van der Waals surface area contributed by atoms with Crippen molar-refractivity contribution >= 4 is 39.9 Å². The topological polar surface area (TPSA) is 139 Å². The second-order valence-corrected chi connectivity index (χ2v) is 8.86. The van der Waals surface area contributed by atoms with E-state index in [0.29, 0.717) is 45.5 Å². The molecule has 0 aliphatic rings. The second kappa shape index (κ2) is 13.0. The highest BCUT2D eigenvalue weighted by atomic mass is 35.5. The number of rotatable bonds is 12. The third-order valence-corrected chi connectivity index (χ3v) is 5.81. The summed E-state index contributed by atoms with van der Waals surface area (Å²) in [5, 5.41) is 25.6. The number of anilines is 2.